The van der Waals surface area contributed by atoms with Gasteiger partial charge in [-0.05, 0) is 43.3 Å². The Morgan fingerprint density at radius 1 is 0.871 bits per heavy atom. The van der Waals surface area contributed by atoms with E-state index in [1.165, 1.54) is 0 Å². The van der Waals surface area contributed by atoms with E-state index in [4.69, 9.17) is 63.1 Å². The van der Waals surface area contributed by atoms with Crippen LogP contribution in [0.25, 0.3) is 5.65 Å². The highest BCUT2D eigenvalue weighted by Crippen LogP contribution is 2.13. The zero-order valence-electron chi connectivity index (χ0n) is 16.3. The van der Waals surface area contributed by atoms with Crippen molar-refractivity contribution in [1.82, 2.24) is 24.6 Å². The van der Waals surface area contributed by atoms with Gasteiger partial charge in [0.15, 0.2) is 5.65 Å². The molecule has 4 heterocycles. The molecule has 0 atom stereocenters. The Hall–Kier alpha value is -2.40. The number of nitrogens with two attached hydrogens (primary N) is 2. The van der Waals surface area contributed by atoms with Crippen molar-refractivity contribution < 1.29 is 5.11 Å². The minimum Gasteiger partial charge on any atom is -0.397 e. The van der Waals surface area contributed by atoms with Gasteiger partial charge in [-0.2, -0.15) is 0 Å². The summed E-state index contributed by atoms with van der Waals surface area (Å²) in [5, 5.41) is 16.8. The summed E-state index contributed by atoms with van der Waals surface area (Å²) < 4.78 is 1.57. The first-order valence-corrected chi connectivity index (χ1v) is 10.1. The molecule has 0 aliphatic heterocycles. The number of nitrogens with one attached hydrogen (secondary N) is 1. The van der Waals surface area contributed by atoms with Gasteiger partial charge in [0.2, 0.25) is 5.95 Å². The molecule has 0 amide bonds. The van der Waals surface area contributed by atoms with Crippen LogP contribution in [0.15, 0.2) is 54.6 Å². The molecule has 4 aromatic rings. The van der Waals surface area contributed by atoms with Gasteiger partial charge in [-0.1, -0.05) is 64.6 Å². The summed E-state index contributed by atoms with van der Waals surface area (Å²) in [6.07, 6.45) is 0. The molecule has 0 bridgehead atoms. The lowest BCUT2D eigenvalue weighted by Crippen LogP contribution is -2.07. The molecule has 166 valence electrons. The summed E-state index contributed by atoms with van der Waals surface area (Å²) in [6.45, 7) is 1.93. The molecule has 0 saturated carbocycles. The fraction of sp³-hybridized carbons (Fsp3) is 0.111. The third-order valence-corrected chi connectivity index (χ3v) is 3.88. The molecule has 0 fully saturated rings. The summed E-state index contributed by atoms with van der Waals surface area (Å²) in [5.74, 6) is 5.93. The van der Waals surface area contributed by atoms with Crippen LogP contribution >= 0.6 is 46.4 Å². The number of halogens is 4. The van der Waals surface area contributed by atoms with Crippen LogP contribution in [0.3, 0.4) is 0 Å². The van der Waals surface area contributed by atoms with Crippen molar-refractivity contribution in [3.05, 3.63) is 75.2 Å². The highest BCUT2D eigenvalue weighted by molar-refractivity contribution is 6.32. The van der Waals surface area contributed by atoms with Gasteiger partial charge in [0, 0.05) is 6.61 Å². The number of nitrogen functional groups attached to an aromatic ring is 2. The molecule has 4 rings (SSSR count). The Bertz CT molecular complexity index is 1050. The zero-order valence-corrected chi connectivity index (χ0v) is 19.3. The summed E-state index contributed by atoms with van der Waals surface area (Å²) >= 11 is 22.2. The van der Waals surface area contributed by atoms with Crippen LogP contribution in [-0.2, 0) is 0 Å². The van der Waals surface area contributed by atoms with E-state index in [9.17, 15) is 0 Å². The van der Waals surface area contributed by atoms with Crippen molar-refractivity contribution >= 4 is 63.8 Å². The van der Waals surface area contributed by atoms with Crippen LogP contribution in [0.5, 0.6) is 0 Å². The molecule has 0 unspecified atom stereocenters. The van der Waals surface area contributed by atoms with Crippen molar-refractivity contribution in [2.75, 3.05) is 17.8 Å². The number of aliphatic hydroxyl groups excluding tert-OH is 1. The highest BCUT2D eigenvalue weighted by Gasteiger charge is 2.02. The number of anilines is 2. The topological polar surface area (TPSA) is 140 Å². The number of aliphatic hydroxyl groups is 1. The maximum absolute atomic E-state index is 7.57. The van der Waals surface area contributed by atoms with Gasteiger partial charge in [0.25, 0.3) is 0 Å². The lowest BCUT2D eigenvalue weighted by Gasteiger charge is -1.95. The summed E-state index contributed by atoms with van der Waals surface area (Å²) in [4.78, 5) is 7.53. The van der Waals surface area contributed by atoms with Gasteiger partial charge in [-0.25, -0.2) is 15.8 Å². The normalized spacial score (nSPS) is 9.39. The molecule has 31 heavy (non-hydrogen) atoms. The molecule has 0 saturated heterocycles. The second-order valence-corrected chi connectivity index (χ2v) is 6.74. The number of hydrogen-bond donors (Lipinski definition) is 4. The Balaban J connectivity index is 0.000000221. The number of aromatic nitrogens is 5. The fourth-order valence-electron chi connectivity index (χ4n) is 1.80. The van der Waals surface area contributed by atoms with Crippen molar-refractivity contribution in [3.8, 4) is 0 Å². The Labute approximate surface area is 198 Å². The SMILES string of the molecule is CCO.Clc1cccc(Cl)n1.NNc1cccc(Cl)n1.Nc1nnc2cccc(Cl)n12. The van der Waals surface area contributed by atoms with Gasteiger partial charge in [-0.15, -0.1) is 10.2 Å². The molecule has 0 aromatic carbocycles. The molecule has 0 spiro atoms. The first kappa shape index (κ1) is 26.6. The average Bonchev–Trinajstić information content (AvgIpc) is 3.12. The minimum atomic E-state index is 0.250. The molecule has 13 heteroatoms. The van der Waals surface area contributed by atoms with Crippen LogP contribution in [0.2, 0.25) is 20.6 Å². The highest BCUT2D eigenvalue weighted by atomic mass is 35.5. The van der Waals surface area contributed by atoms with Crippen LogP contribution in [-0.4, -0.2) is 36.3 Å². The van der Waals surface area contributed by atoms with Crippen LogP contribution in [0, 0.1) is 0 Å². The molecular weight excluding hydrogens is 486 g/mol. The van der Waals surface area contributed by atoms with Crippen LogP contribution < -0.4 is 17.0 Å². The molecular formula is C18H20Cl4N8O. The number of hydrazine groups is 1. The minimum absolute atomic E-state index is 0.250. The number of nitrogens with zero attached hydrogens (tertiary/aromatic N) is 5. The van der Waals surface area contributed by atoms with Crippen molar-refractivity contribution in [1.29, 1.82) is 0 Å². The van der Waals surface area contributed by atoms with Gasteiger partial charge < -0.3 is 16.3 Å². The third-order valence-electron chi connectivity index (χ3n) is 2.95. The smallest absolute Gasteiger partial charge is 0.227 e. The molecule has 0 aliphatic carbocycles. The fourth-order valence-corrected chi connectivity index (χ4v) is 2.58. The quantitative estimate of drug-likeness (QED) is 0.170. The van der Waals surface area contributed by atoms with E-state index in [1.807, 2.05) is 0 Å². The largest absolute Gasteiger partial charge is 0.397 e. The maximum Gasteiger partial charge on any atom is 0.227 e. The number of fused-ring (bicyclic) bond motifs is 1. The predicted molar refractivity (Wildman–Crippen MR) is 126 cm³/mol. The van der Waals surface area contributed by atoms with Gasteiger partial charge >= 0.3 is 0 Å². The second kappa shape index (κ2) is 14.6. The number of hydrogen-bond acceptors (Lipinski definition) is 8. The first-order valence-electron chi connectivity index (χ1n) is 8.55. The molecule has 0 radical (unpaired) electrons. The summed E-state index contributed by atoms with van der Waals surface area (Å²) in [7, 11) is 0. The Morgan fingerprint density at radius 2 is 1.39 bits per heavy atom. The predicted octanol–water partition coefficient (Wildman–Crippen LogP) is 4.37. The summed E-state index contributed by atoms with van der Waals surface area (Å²) in [6, 6.07) is 15.6. The van der Waals surface area contributed by atoms with Crippen molar-refractivity contribution in [2.45, 2.75) is 6.92 Å². The van der Waals surface area contributed by atoms with Crippen LogP contribution in [0.1, 0.15) is 6.92 Å². The number of pyridine rings is 3. The second-order valence-electron chi connectivity index (χ2n) is 5.19. The first-order chi connectivity index (χ1) is 14.8. The van der Waals surface area contributed by atoms with E-state index in [-0.39, 0.29) is 6.61 Å². The van der Waals surface area contributed by atoms with E-state index in [1.54, 1.807) is 65.9 Å². The third kappa shape index (κ3) is 9.97. The standard InChI is InChI=1S/C6H5ClN4.C5H3Cl2N.C5H6ClN3.C2H6O/c7-4-2-1-3-5-9-10-6(8)11(4)5;6-4-2-1-3-5(7)8-4;6-4-2-1-3-5(8-4)9-7;1-2-3/h1-3H,(H2,8,10);1-3H;1-3H,7H2,(H,8,9);3H,2H2,1H3. The lowest BCUT2D eigenvalue weighted by molar-refractivity contribution is 0.318. The van der Waals surface area contributed by atoms with E-state index < -0.39 is 0 Å². The molecule has 4 aromatic heterocycles. The maximum atomic E-state index is 7.57. The van der Waals surface area contributed by atoms with E-state index in [2.05, 4.69) is 25.6 Å². The Morgan fingerprint density at radius 3 is 1.81 bits per heavy atom. The molecule has 6 N–H and O–H groups in total. The van der Waals surface area contributed by atoms with Gasteiger partial charge in [-0.3, -0.25) is 4.40 Å². The monoisotopic (exact) mass is 504 g/mol. The van der Waals surface area contributed by atoms with E-state index in [0.717, 1.165) is 0 Å². The molecule has 9 nitrogen and oxygen atoms in total. The average molecular weight is 506 g/mol. The molecule has 0 aliphatic rings. The van der Waals surface area contributed by atoms with E-state index in [0.29, 0.717) is 38.0 Å². The Kier molecular flexibility index (Phi) is 12.5. The number of rotatable bonds is 1. The van der Waals surface area contributed by atoms with Crippen molar-refractivity contribution in [2.24, 2.45) is 5.84 Å². The van der Waals surface area contributed by atoms with Gasteiger partial charge in [0.1, 0.15) is 26.4 Å². The van der Waals surface area contributed by atoms with Crippen molar-refractivity contribution in [3.63, 3.8) is 0 Å². The van der Waals surface area contributed by atoms with Gasteiger partial charge in [0.05, 0.1) is 0 Å². The van der Waals surface area contributed by atoms with E-state index >= 15 is 0 Å². The summed E-state index contributed by atoms with van der Waals surface area (Å²) in [5.41, 5.74) is 8.52. The van der Waals surface area contributed by atoms with Crippen LogP contribution in [0.4, 0.5) is 11.8 Å². The zero-order chi connectivity index (χ0) is 23.2. The lowest BCUT2D eigenvalue weighted by atomic mass is 10.5.